The monoisotopic (exact) mass is 392 g/mol. The molecule has 0 saturated heterocycles. The number of anilines is 1. The van der Waals surface area contributed by atoms with Crippen molar-refractivity contribution >= 4 is 34.9 Å². The van der Waals surface area contributed by atoms with Crippen LogP contribution < -0.4 is 10.1 Å². The highest BCUT2D eigenvalue weighted by atomic mass is 35.5. The summed E-state index contributed by atoms with van der Waals surface area (Å²) >= 11 is 5.91. The van der Waals surface area contributed by atoms with Crippen LogP contribution in [0.3, 0.4) is 0 Å². The van der Waals surface area contributed by atoms with E-state index in [1.54, 1.807) is 12.1 Å². The van der Waals surface area contributed by atoms with Gasteiger partial charge in [0.25, 0.3) is 11.6 Å². The van der Waals surface area contributed by atoms with Crippen molar-refractivity contribution in [3.8, 4) is 5.75 Å². The second kappa shape index (κ2) is 8.50. The molecule has 0 bridgehead atoms. The summed E-state index contributed by atoms with van der Waals surface area (Å²) in [7, 11) is 1.44. The van der Waals surface area contributed by atoms with Gasteiger partial charge in [0, 0.05) is 16.7 Å². The lowest BCUT2D eigenvalue weighted by Gasteiger charge is -2.16. The molecule has 142 valence electrons. The summed E-state index contributed by atoms with van der Waals surface area (Å²) in [6.07, 6.45) is -1.15. The Morgan fingerprint density at radius 2 is 1.96 bits per heavy atom. The van der Waals surface area contributed by atoms with Crippen molar-refractivity contribution in [3.05, 3.63) is 62.7 Å². The van der Waals surface area contributed by atoms with Gasteiger partial charge >= 0.3 is 5.97 Å². The van der Waals surface area contributed by atoms with E-state index >= 15 is 0 Å². The van der Waals surface area contributed by atoms with Crippen molar-refractivity contribution in [3.63, 3.8) is 0 Å². The van der Waals surface area contributed by atoms with Crippen molar-refractivity contribution in [1.82, 2.24) is 0 Å². The van der Waals surface area contributed by atoms with Crippen LogP contribution in [0.5, 0.6) is 5.75 Å². The van der Waals surface area contributed by atoms with E-state index in [0.29, 0.717) is 16.5 Å². The van der Waals surface area contributed by atoms with Crippen LogP contribution in [0, 0.1) is 17.0 Å². The van der Waals surface area contributed by atoms with Gasteiger partial charge in [-0.05, 0) is 38.1 Å². The number of hydrogen-bond acceptors (Lipinski definition) is 6. The largest absolute Gasteiger partial charge is 0.495 e. The first-order valence-electron chi connectivity index (χ1n) is 7.84. The number of carbonyl (C=O) groups excluding carboxylic acids is 2. The summed E-state index contributed by atoms with van der Waals surface area (Å²) < 4.78 is 10.3. The fourth-order valence-electron chi connectivity index (χ4n) is 2.33. The first-order valence-corrected chi connectivity index (χ1v) is 8.21. The van der Waals surface area contributed by atoms with Crippen LogP contribution in [-0.2, 0) is 9.53 Å². The van der Waals surface area contributed by atoms with Gasteiger partial charge in [-0.1, -0.05) is 17.7 Å². The molecular weight excluding hydrogens is 376 g/mol. The number of rotatable bonds is 6. The first kappa shape index (κ1) is 20.2. The summed E-state index contributed by atoms with van der Waals surface area (Å²) in [4.78, 5) is 35.0. The van der Waals surface area contributed by atoms with E-state index in [1.165, 1.54) is 45.2 Å². The lowest BCUT2D eigenvalue weighted by atomic mass is 10.1. The number of hydrogen-bond donors (Lipinski definition) is 1. The Morgan fingerprint density at radius 1 is 1.26 bits per heavy atom. The van der Waals surface area contributed by atoms with Gasteiger partial charge in [-0.15, -0.1) is 0 Å². The van der Waals surface area contributed by atoms with E-state index in [-0.39, 0.29) is 16.8 Å². The van der Waals surface area contributed by atoms with E-state index in [9.17, 15) is 19.7 Å². The van der Waals surface area contributed by atoms with Crippen LogP contribution >= 0.6 is 11.6 Å². The molecule has 0 saturated carbocycles. The number of nitro benzene ring substituents is 1. The molecule has 27 heavy (non-hydrogen) atoms. The minimum atomic E-state index is -1.15. The van der Waals surface area contributed by atoms with Crippen LogP contribution in [0.4, 0.5) is 11.4 Å². The highest BCUT2D eigenvalue weighted by molar-refractivity contribution is 6.31. The molecule has 0 aliphatic heterocycles. The Morgan fingerprint density at radius 3 is 2.59 bits per heavy atom. The van der Waals surface area contributed by atoms with Crippen molar-refractivity contribution in [2.24, 2.45) is 0 Å². The molecule has 0 aliphatic carbocycles. The summed E-state index contributed by atoms with van der Waals surface area (Å²) in [5.74, 6) is -1.05. The van der Waals surface area contributed by atoms with Gasteiger partial charge in [-0.2, -0.15) is 0 Å². The van der Waals surface area contributed by atoms with Crippen LogP contribution in [0.25, 0.3) is 0 Å². The van der Waals surface area contributed by atoms with E-state index in [1.807, 2.05) is 0 Å². The van der Waals surface area contributed by atoms with Crippen molar-refractivity contribution in [1.29, 1.82) is 0 Å². The second-order valence-electron chi connectivity index (χ2n) is 5.59. The molecule has 1 N–H and O–H groups in total. The molecule has 0 heterocycles. The quantitative estimate of drug-likeness (QED) is 0.455. The third-order valence-electron chi connectivity index (χ3n) is 3.79. The van der Waals surface area contributed by atoms with Gasteiger partial charge in [-0.3, -0.25) is 14.9 Å². The molecule has 0 fully saturated rings. The Bertz CT molecular complexity index is 899. The molecule has 1 atom stereocenters. The molecule has 2 aromatic rings. The van der Waals surface area contributed by atoms with E-state index < -0.39 is 22.9 Å². The number of esters is 1. The molecule has 0 spiro atoms. The summed E-state index contributed by atoms with van der Waals surface area (Å²) in [6.45, 7) is 2.83. The topological polar surface area (TPSA) is 108 Å². The Hall–Kier alpha value is -3.13. The standard InChI is InChI=1S/C18H17ClN2O6/c1-10-13(5-4-6-15(10)21(24)25)18(23)27-11(2)17(22)20-14-9-12(19)7-8-16(14)26-3/h4-9,11H,1-3H3,(H,20,22)/t11-/m1/s1. The predicted molar refractivity (Wildman–Crippen MR) is 99.3 cm³/mol. The molecule has 9 heteroatoms. The number of methoxy groups -OCH3 is 1. The fraction of sp³-hybridized carbons (Fsp3) is 0.222. The van der Waals surface area contributed by atoms with E-state index in [2.05, 4.69) is 5.32 Å². The maximum atomic E-state index is 12.3. The molecule has 0 aromatic heterocycles. The average Bonchev–Trinajstić information content (AvgIpc) is 2.61. The van der Waals surface area contributed by atoms with Crippen LogP contribution in [0.1, 0.15) is 22.8 Å². The van der Waals surface area contributed by atoms with E-state index in [4.69, 9.17) is 21.1 Å². The SMILES string of the molecule is COc1ccc(Cl)cc1NC(=O)[C@@H](C)OC(=O)c1cccc([N+](=O)[O-])c1C. The molecule has 8 nitrogen and oxygen atoms in total. The highest BCUT2D eigenvalue weighted by Crippen LogP contribution is 2.28. The number of halogens is 1. The third kappa shape index (κ3) is 4.73. The lowest BCUT2D eigenvalue weighted by Crippen LogP contribution is -2.30. The Labute approximate surface area is 160 Å². The molecule has 2 aromatic carbocycles. The highest BCUT2D eigenvalue weighted by Gasteiger charge is 2.24. The lowest BCUT2D eigenvalue weighted by molar-refractivity contribution is -0.385. The number of benzene rings is 2. The maximum absolute atomic E-state index is 12.3. The van der Waals surface area contributed by atoms with Gasteiger partial charge in [-0.25, -0.2) is 4.79 Å². The number of amides is 1. The first-order chi connectivity index (χ1) is 12.7. The van der Waals surface area contributed by atoms with Crippen LogP contribution in [-0.4, -0.2) is 30.0 Å². The zero-order chi connectivity index (χ0) is 20.1. The molecule has 2 rings (SSSR count). The van der Waals surface area contributed by atoms with Gasteiger partial charge < -0.3 is 14.8 Å². The molecule has 0 aliphatic rings. The van der Waals surface area contributed by atoms with Crippen LogP contribution in [0.2, 0.25) is 5.02 Å². The predicted octanol–water partition coefficient (Wildman–Crippen LogP) is 3.75. The van der Waals surface area contributed by atoms with Crippen molar-refractivity contribution < 1.29 is 24.0 Å². The molecule has 0 unspecified atom stereocenters. The summed E-state index contributed by atoms with van der Waals surface area (Å²) in [5.41, 5.74) is 0.301. The Kier molecular flexibility index (Phi) is 6.36. The molecular formula is C18H17ClN2O6. The fourth-order valence-corrected chi connectivity index (χ4v) is 2.50. The average molecular weight is 393 g/mol. The van der Waals surface area contributed by atoms with Crippen molar-refractivity contribution in [2.75, 3.05) is 12.4 Å². The number of ether oxygens (including phenoxy) is 2. The normalized spacial score (nSPS) is 11.4. The third-order valence-corrected chi connectivity index (χ3v) is 4.03. The second-order valence-corrected chi connectivity index (χ2v) is 6.02. The van der Waals surface area contributed by atoms with Gasteiger partial charge in [0.15, 0.2) is 6.10 Å². The zero-order valence-electron chi connectivity index (χ0n) is 14.8. The molecule has 0 radical (unpaired) electrons. The van der Waals surface area contributed by atoms with E-state index in [0.717, 1.165) is 0 Å². The summed E-state index contributed by atoms with van der Waals surface area (Å²) in [5, 5.41) is 13.9. The van der Waals surface area contributed by atoms with Crippen molar-refractivity contribution in [2.45, 2.75) is 20.0 Å². The minimum absolute atomic E-state index is 0.0178. The van der Waals surface area contributed by atoms with Gasteiger partial charge in [0.2, 0.25) is 0 Å². The minimum Gasteiger partial charge on any atom is -0.495 e. The number of nitrogens with one attached hydrogen (secondary N) is 1. The number of nitro groups is 1. The van der Waals surface area contributed by atoms with Crippen LogP contribution in [0.15, 0.2) is 36.4 Å². The number of carbonyl (C=O) groups is 2. The van der Waals surface area contributed by atoms with Gasteiger partial charge in [0.05, 0.1) is 23.3 Å². The summed E-state index contributed by atoms with van der Waals surface area (Å²) in [6, 6.07) is 8.75. The zero-order valence-corrected chi connectivity index (χ0v) is 15.6. The van der Waals surface area contributed by atoms with Gasteiger partial charge in [0.1, 0.15) is 5.75 Å². The maximum Gasteiger partial charge on any atom is 0.339 e. The smallest absolute Gasteiger partial charge is 0.339 e. The number of nitrogens with zero attached hydrogens (tertiary/aromatic N) is 1. The Balaban J connectivity index is 2.13. The molecule has 1 amide bonds.